The smallest absolute Gasteiger partial charge is 0.255 e. The van der Waals surface area contributed by atoms with E-state index in [1.807, 2.05) is 53.1 Å². The number of rotatable bonds is 8. The molecule has 1 aliphatic rings. The molecule has 5 aromatic rings. The fourth-order valence-corrected chi connectivity index (χ4v) is 4.88. The Bertz CT molecular complexity index is 1560. The average Bonchev–Trinajstić information content (AvgIpc) is 3.73. The van der Waals surface area contributed by atoms with E-state index in [1.165, 1.54) is 0 Å². The van der Waals surface area contributed by atoms with E-state index in [2.05, 4.69) is 15.5 Å². The van der Waals surface area contributed by atoms with Gasteiger partial charge >= 0.3 is 0 Å². The molecule has 3 aromatic carbocycles. The largest absolute Gasteiger partial charge is 0.497 e. The highest BCUT2D eigenvalue weighted by Gasteiger charge is 2.19. The van der Waals surface area contributed by atoms with Crippen LogP contribution in [0.3, 0.4) is 0 Å². The fourth-order valence-electron chi connectivity index (χ4n) is 3.97. The quantitative estimate of drug-likeness (QED) is 0.253. The Morgan fingerprint density at radius 1 is 1.00 bits per heavy atom. The van der Waals surface area contributed by atoms with Gasteiger partial charge in [-0.15, -0.1) is 10.2 Å². The molecule has 6 rings (SSSR count). The minimum Gasteiger partial charge on any atom is -0.497 e. The Labute approximate surface area is 222 Å². The number of furan rings is 1. The second-order valence-electron chi connectivity index (χ2n) is 8.32. The van der Waals surface area contributed by atoms with Gasteiger partial charge in [0.15, 0.2) is 22.4 Å². The predicted octanol–water partition coefficient (Wildman–Crippen LogP) is 5.81. The lowest BCUT2D eigenvalue weighted by molar-refractivity contribution is 0.102. The van der Waals surface area contributed by atoms with Crippen LogP contribution in [0.15, 0.2) is 94.7 Å². The van der Waals surface area contributed by atoms with Crippen molar-refractivity contribution in [2.75, 3.05) is 19.2 Å². The number of fused-ring (bicyclic) bond motifs is 1. The molecule has 2 aromatic heterocycles. The Morgan fingerprint density at radius 3 is 2.58 bits per heavy atom. The molecule has 190 valence electrons. The van der Waals surface area contributed by atoms with E-state index in [4.69, 9.17) is 18.6 Å². The summed E-state index contributed by atoms with van der Waals surface area (Å²) in [5, 5.41) is 12.4. The normalized spacial score (nSPS) is 11.9. The van der Waals surface area contributed by atoms with Crippen LogP contribution in [0.2, 0.25) is 0 Å². The van der Waals surface area contributed by atoms with Gasteiger partial charge in [0.05, 0.1) is 19.1 Å². The molecule has 1 N–H and O–H groups in total. The molecule has 1 aliphatic heterocycles. The highest BCUT2D eigenvalue weighted by atomic mass is 32.2. The van der Waals surface area contributed by atoms with E-state index in [-0.39, 0.29) is 12.7 Å². The van der Waals surface area contributed by atoms with E-state index in [0.29, 0.717) is 45.2 Å². The van der Waals surface area contributed by atoms with E-state index in [9.17, 15) is 4.79 Å². The van der Waals surface area contributed by atoms with E-state index in [0.717, 1.165) is 17.0 Å². The first-order valence-corrected chi connectivity index (χ1v) is 12.7. The molecular weight excluding hydrogens is 504 g/mol. The van der Waals surface area contributed by atoms with Crippen LogP contribution in [0.4, 0.5) is 5.69 Å². The van der Waals surface area contributed by atoms with Crippen LogP contribution in [0.25, 0.3) is 17.3 Å². The SMILES string of the molecule is COc1ccc(-n2c(SCc3ccc(C(=O)Nc4ccc5c(c4)OCO5)cc3)nnc2-c2ccco2)cc1. The fraction of sp³-hybridized carbons (Fsp3) is 0.107. The molecule has 0 saturated carbocycles. The van der Waals surface area contributed by atoms with Gasteiger partial charge in [0.1, 0.15) is 5.75 Å². The molecule has 38 heavy (non-hydrogen) atoms. The third kappa shape index (κ3) is 4.81. The number of nitrogens with zero attached hydrogens (tertiary/aromatic N) is 3. The highest BCUT2D eigenvalue weighted by Crippen LogP contribution is 2.34. The lowest BCUT2D eigenvalue weighted by atomic mass is 10.1. The molecule has 10 heteroatoms. The number of benzene rings is 3. The standard InChI is InChI=1S/C28H22N4O5S/c1-34-22-11-9-21(10-12-22)32-26(24-3-2-14-35-24)30-31-28(32)38-16-18-4-6-19(7-5-18)27(33)29-20-8-13-23-25(15-20)37-17-36-23/h2-15H,16-17H2,1H3,(H,29,33). The van der Waals surface area contributed by atoms with Crippen molar-refractivity contribution in [3.8, 4) is 34.5 Å². The number of hydrogen-bond acceptors (Lipinski definition) is 8. The van der Waals surface area contributed by atoms with Crippen LogP contribution in [-0.4, -0.2) is 34.6 Å². The molecule has 0 spiro atoms. The Morgan fingerprint density at radius 2 is 1.82 bits per heavy atom. The molecule has 0 bridgehead atoms. The number of thioether (sulfide) groups is 1. The number of hydrogen-bond donors (Lipinski definition) is 1. The van der Waals surface area contributed by atoms with Crippen molar-refractivity contribution in [1.82, 2.24) is 14.8 Å². The minimum absolute atomic E-state index is 0.187. The second kappa shape index (κ2) is 10.3. The van der Waals surface area contributed by atoms with E-state index in [1.54, 1.807) is 55.5 Å². The first kappa shape index (κ1) is 23.7. The van der Waals surface area contributed by atoms with Gasteiger partial charge in [-0.2, -0.15) is 0 Å². The summed E-state index contributed by atoms with van der Waals surface area (Å²) < 4.78 is 23.5. The summed E-state index contributed by atoms with van der Waals surface area (Å²) in [6, 6.07) is 24.1. The van der Waals surface area contributed by atoms with E-state index < -0.39 is 0 Å². The first-order valence-electron chi connectivity index (χ1n) is 11.7. The molecular formula is C28H22N4O5S. The summed E-state index contributed by atoms with van der Waals surface area (Å²) in [6.45, 7) is 0.187. The number of ether oxygens (including phenoxy) is 3. The number of nitrogens with one attached hydrogen (secondary N) is 1. The third-order valence-corrected chi connectivity index (χ3v) is 6.92. The summed E-state index contributed by atoms with van der Waals surface area (Å²) in [5.74, 6) is 3.72. The zero-order valence-electron chi connectivity index (χ0n) is 20.3. The summed E-state index contributed by atoms with van der Waals surface area (Å²) >= 11 is 1.54. The number of methoxy groups -OCH3 is 1. The number of amides is 1. The van der Waals surface area contributed by atoms with Crippen molar-refractivity contribution in [3.05, 3.63) is 96.3 Å². The zero-order chi connectivity index (χ0) is 25.9. The van der Waals surface area contributed by atoms with Crippen molar-refractivity contribution in [1.29, 1.82) is 0 Å². The lowest BCUT2D eigenvalue weighted by Crippen LogP contribution is -2.11. The Balaban J connectivity index is 1.17. The average molecular weight is 527 g/mol. The van der Waals surface area contributed by atoms with Crippen LogP contribution in [0.1, 0.15) is 15.9 Å². The summed E-state index contributed by atoms with van der Waals surface area (Å²) in [4.78, 5) is 12.7. The number of anilines is 1. The molecule has 0 fully saturated rings. The first-order chi connectivity index (χ1) is 18.7. The van der Waals surface area contributed by atoms with Crippen LogP contribution >= 0.6 is 11.8 Å². The monoisotopic (exact) mass is 526 g/mol. The van der Waals surface area contributed by atoms with Gasteiger partial charge in [-0.1, -0.05) is 23.9 Å². The van der Waals surface area contributed by atoms with Gasteiger partial charge in [0, 0.05) is 23.1 Å². The Kier molecular flexibility index (Phi) is 6.45. The van der Waals surface area contributed by atoms with Gasteiger partial charge in [-0.25, -0.2) is 0 Å². The molecule has 9 nitrogen and oxygen atoms in total. The molecule has 0 unspecified atom stereocenters. The molecule has 0 atom stereocenters. The summed E-state index contributed by atoms with van der Waals surface area (Å²) in [6.07, 6.45) is 1.61. The number of carbonyl (C=O) groups is 1. The Hall–Kier alpha value is -4.70. The summed E-state index contributed by atoms with van der Waals surface area (Å²) in [5.41, 5.74) is 3.13. The van der Waals surface area contributed by atoms with Crippen molar-refractivity contribution < 1.29 is 23.4 Å². The van der Waals surface area contributed by atoms with Crippen molar-refractivity contribution in [2.24, 2.45) is 0 Å². The second-order valence-corrected chi connectivity index (χ2v) is 9.27. The van der Waals surface area contributed by atoms with Crippen LogP contribution < -0.4 is 19.5 Å². The minimum atomic E-state index is -0.203. The van der Waals surface area contributed by atoms with Crippen molar-refractivity contribution in [2.45, 2.75) is 10.9 Å². The number of aromatic nitrogens is 3. The molecule has 0 saturated heterocycles. The molecule has 0 radical (unpaired) electrons. The maximum absolute atomic E-state index is 12.7. The maximum atomic E-state index is 12.7. The number of carbonyl (C=O) groups excluding carboxylic acids is 1. The van der Waals surface area contributed by atoms with Crippen LogP contribution in [0, 0.1) is 0 Å². The lowest BCUT2D eigenvalue weighted by Gasteiger charge is -2.10. The molecule has 3 heterocycles. The van der Waals surface area contributed by atoms with Crippen LogP contribution in [0.5, 0.6) is 17.2 Å². The van der Waals surface area contributed by atoms with Gasteiger partial charge in [0.2, 0.25) is 12.6 Å². The van der Waals surface area contributed by atoms with Crippen molar-refractivity contribution in [3.63, 3.8) is 0 Å². The van der Waals surface area contributed by atoms with Gasteiger partial charge in [-0.3, -0.25) is 9.36 Å². The third-order valence-electron chi connectivity index (χ3n) is 5.92. The van der Waals surface area contributed by atoms with Gasteiger partial charge < -0.3 is 23.9 Å². The maximum Gasteiger partial charge on any atom is 0.255 e. The van der Waals surface area contributed by atoms with E-state index >= 15 is 0 Å². The topological polar surface area (TPSA) is 101 Å². The van der Waals surface area contributed by atoms with Crippen molar-refractivity contribution >= 4 is 23.4 Å². The molecule has 1 amide bonds. The zero-order valence-corrected chi connectivity index (χ0v) is 21.1. The van der Waals surface area contributed by atoms with Gasteiger partial charge in [-0.05, 0) is 66.2 Å². The van der Waals surface area contributed by atoms with Gasteiger partial charge in [0.25, 0.3) is 5.91 Å². The summed E-state index contributed by atoms with van der Waals surface area (Å²) in [7, 11) is 1.63. The molecule has 0 aliphatic carbocycles. The van der Waals surface area contributed by atoms with Crippen LogP contribution in [-0.2, 0) is 5.75 Å². The highest BCUT2D eigenvalue weighted by molar-refractivity contribution is 7.98. The predicted molar refractivity (Wildman–Crippen MR) is 142 cm³/mol.